The number of aromatic nitrogens is 2. The number of carbonyl (C=O) groups is 1. The number of ether oxygens (including phenoxy) is 1. The highest BCUT2D eigenvalue weighted by Crippen LogP contribution is 2.44. The van der Waals surface area contributed by atoms with Gasteiger partial charge in [0.15, 0.2) is 0 Å². The fraction of sp³-hybridized carbons (Fsp3) is 0.812. The van der Waals surface area contributed by atoms with Crippen LogP contribution in [0.15, 0.2) is 0 Å². The highest BCUT2D eigenvalue weighted by molar-refractivity contribution is 7.15. The largest absolute Gasteiger partial charge is 0.371 e. The van der Waals surface area contributed by atoms with Crippen molar-refractivity contribution in [3.05, 3.63) is 5.01 Å². The molecule has 0 aromatic carbocycles. The Labute approximate surface area is 148 Å². The zero-order valence-corrected chi connectivity index (χ0v) is 15.0. The van der Waals surface area contributed by atoms with E-state index < -0.39 is 11.8 Å². The molecule has 1 N–H and O–H groups in total. The van der Waals surface area contributed by atoms with Crippen molar-refractivity contribution >= 4 is 22.4 Å². The summed E-state index contributed by atoms with van der Waals surface area (Å²) in [6, 6.07) is 0. The van der Waals surface area contributed by atoms with Crippen molar-refractivity contribution in [1.82, 2.24) is 15.5 Å². The average molecular weight is 372 g/mol. The van der Waals surface area contributed by atoms with E-state index in [4.69, 9.17) is 4.74 Å². The first-order chi connectivity index (χ1) is 11.9. The summed E-state index contributed by atoms with van der Waals surface area (Å²) < 4.78 is 31.7. The van der Waals surface area contributed by atoms with E-state index in [1.165, 1.54) is 0 Å². The molecule has 4 rings (SSSR count). The number of anilines is 1. The second-order valence-corrected chi connectivity index (χ2v) is 8.56. The Hall–Kier alpha value is -1.35. The second kappa shape index (κ2) is 6.12. The van der Waals surface area contributed by atoms with Gasteiger partial charge in [-0.2, -0.15) is 0 Å². The molecule has 1 aliphatic carbocycles. The predicted octanol–water partition coefficient (Wildman–Crippen LogP) is 1.99. The van der Waals surface area contributed by atoms with Crippen LogP contribution in [0.4, 0.5) is 13.9 Å². The molecule has 3 heterocycles. The monoisotopic (exact) mass is 372 g/mol. The normalized spacial score (nSPS) is 27.2. The van der Waals surface area contributed by atoms with Crippen LogP contribution in [0.2, 0.25) is 0 Å². The van der Waals surface area contributed by atoms with Gasteiger partial charge in [0.1, 0.15) is 10.6 Å². The number of hydrogen-bond acceptors (Lipinski definition) is 6. The van der Waals surface area contributed by atoms with Crippen molar-refractivity contribution in [2.24, 2.45) is 11.8 Å². The van der Waals surface area contributed by atoms with Crippen LogP contribution in [0, 0.1) is 18.8 Å². The molecule has 0 radical (unpaired) electrons. The van der Waals surface area contributed by atoms with E-state index in [9.17, 15) is 13.6 Å². The molecule has 2 aliphatic heterocycles. The fourth-order valence-electron chi connectivity index (χ4n) is 4.05. The van der Waals surface area contributed by atoms with Gasteiger partial charge in [-0.05, 0) is 25.7 Å². The second-order valence-electron chi connectivity index (χ2n) is 7.40. The topological polar surface area (TPSA) is 67.3 Å². The average Bonchev–Trinajstić information content (AvgIpc) is 3.09. The number of nitrogens with one attached hydrogen (secondary N) is 1. The third-order valence-electron chi connectivity index (χ3n) is 5.56. The molecule has 0 bridgehead atoms. The van der Waals surface area contributed by atoms with Crippen LogP contribution in [-0.2, 0) is 9.53 Å². The summed E-state index contributed by atoms with van der Waals surface area (Å²) >= 11 is 1.58. The first kappa shape index (κ1) is 17.1. The number of rotatable bonds is 5. The van der Waals surface area contributed by atoms with E-state index in [1.54, 1.807) is 11.3 Å². The summed E-state index contributed by atoms with van der Waals surface area (Å²) in [5.74, 6) is -3.04. The van der Waals surface area contributed by atoms with Gasteiger partial charge in [-0.3, -0.25) is 4.79 Å². The lowest BCUT2D eigenvalue weighted by Crippen LogP contribution is -2.65. The van der Waals surface area contributed by atoms with Crippen molar-refractivity contribution in [3.8, 4) is 0 Å². The Morgan fingerprint density at radius 3 is 2.80 bits per heavy atom. The van der Waals surface area contributed by atoms with Gasteiger partial charge in [0.05, 0.1) is 13.1 Å². The van der Waals surface area contributed by atoms with E-state index in [-0.39, 0.29) is 24.3 Å². The third-order valence-corrected chi connectivity index (χ3v) is 6.46. The maximum Gasteiger partial charge on any atom is 0.249 e. The summed E-state index contributed by atoms with van der Waals surface area (Å²) in [4.78, 5) is 14.1. The van der Waals surface area contributed by atoms with Crippen molar-refractivity contribution in [2.75, 3.05) is 31.1 Å². The zero-order chi connectivity index (χ0) is 17.7. The highest BCUT2D eigenvalue weighted by Gasteiger charge is 2.53. The first-order valence-electron chi connectivity index (χ1n) is 8.71. The number of halogens is 2. The van der Waals surface area contributed by atoms with E-state index in [1.807, 2.05) is 6.92 Å². The Bertz CT molecular complexity index is 654. The minimum absolute atomic E-state index is 0.159. The molecule has 1 unspecified atom stereocenters. The molecule has 138 valence electrons. The molecule has 3 fully saturated rings. The molecule has 9 heteroatoms. The number of amides is 1. The smallest absolute Gasteiger partial charge is 0.249 e. The number of hydrogen-bond donors (Lipinski definition) is 1. The van der Waals surface area contributed by atoms with Crippen molar-refractivity contribution in [2.45, 2.75) is 44.1 Å². The van der Waals surface area contributed by atoms with Gasteiger partial charge in [-0.1, -0.05) is 11.3 Å². The molecule has 1 aromatic rings. The minimum atomic E-state index is -2.65. The number of nitrogens with zero attached hydrogens (tertiary/aromatic N) is 3. The molecular formula is C16H22F2N4O2S. The lowest BCUT2D eigenvalue weighted by molar-refractivity contribution is -0.150. The van der Waals surface area contributed by atoms with Crippen molar-refractivity contribution in [3.63, 3.8) is 0 Å². The summed E-state index contributed by atoms with van der Waals surface area (Å²) in [7, 11) is 0. The summed E-state index contributed by atoms with van der Waals surface area (Å²) in [5, 5.41) is 12.9. The number of aryl methyl sites for hydroxylation is 1. The van der Waals surface area contributed by atoms with Gasteiger partial charge in [-0.25, -0.2) is 8.78 Å². The van der Waals surface area contributed by atoms with Gasteiger partial charge in [0.25, 0.3) is 0 Å². The Morgan fingerprint density at radius 2 is 2.16 bits per heavy atom. The van der Waals surface area contributed by atoms with Gasteiger partial charge < -0.3 is 15.0 Å². The van der Waals surface area contributed by atoms with Gasteiger partial charge in [0.2, 0.25) is 17.0 Å². The lowest BCUT2D eigenvalue weighted by atomic mass is 9.79. The standard InChI is InChI=1S/C16H22F2N4O2S/c1-10-20-21-14(25-10)22-8-15(9-22)12(3-5-24-15)2-4-19-13(23)11-6-16(17,18)7-11/h11-12H,2-9H2,1H3,(H,19,23). The fourth-order valence-corrected chi connectivity index (χ4v) is 4.74. The summed E-state index contributed by atoms with van der Waals surface area (Å²) in [6.45, 7) is 4.79. The minimum Gasteiger partial charge on any atom is -0.371 e. The lowest BCUT2D eigenvalue weighted by Gasteiger charge is -2.50. The first-order valence-corrected chi connectivity index (χ1v) is 9.53. The highest BCUT2D eigenvalue weighted by atomic mass is 32.1. The maximum absolute atomic E-state index is 12.8. The van der Waals surface area contributed by atoms with Gasteiger partial charge in [0, 0.05) is 31.9 Å². The molecule has 1 amide bonds. The Balaban J connectivity index is 1.24. The van der Waals surface area contributed by atoms with Crippen LogP contribution in [0.5, 0.6) is 0 Å². The van der Waals surface area contributed by atoms with E-state index in [2.05, 4.69) is 20.4 Å². The predicted molar refractivity (Wildman–Crippen MR) is 88.9 cm³/mol. The molecule has 1 atom stereocenters. The van der Waals surface area contributed by atoms with E-state index in [0.29, 0.717) is 12.5 Å². The summed E-state index contributed by atoms with van der Waals surface area (Å²) in [5.41, 5.74) is -0.159. The van der Waals surface area contributed by atoms with Crippen LogP contribution in [0.3, 0.4) is 0 Å². The van der Waals surface area contributed by atoms with Crippen molar-refractivity contribution in [1.29, 1.82) is 0 Å². The molecule has 1 aromatic heterocycles. The Morgan fingerprint density at radius 1 is 1.40 bits per heavy atom. The maximum atomic E-state index is 12.8. The van der Waals surface area contributed by atoms with E-state index >= 15 is 0 Å². The molecule has 1 spiro atoms. The molecule has 2 saturated heterocycles. The summed E-state index contributed by atoms with van der Waals surface area (Å²) in [6.07, 6.45) is 1.16. The quantitative estimate of drug-likeness (QED) is 0.856. The molecule has 6 nitrogen and oxygen atoms in total. The van der Waals surface area contributed by atoms with E-state index in [0.717, 1.165) is 42.7 Å². The molecule has 3 aliphatic rings. The zero-order valence-electron chi connectivity index (χ0n) is 14.1. The van der Waals surface area contributed by atoms with Crippen molar-refractivity contribution < 1.29 is 18.3 Å². The van der Waals surface area contributed by atoms with Gasteiger partial charge in [-0.15, -0.1) is 10.2 Å². The molecular weight excluding hydrogens is 350 g/mol. The molecule has 25 heavy (non-hydrogen) atoms. The van der Waals surface area contributed by atoms with Crippen LogP contribution < -0.4 is 10.2 Å². The number of carbonyl (C=O) groups excluding carboxylic acids is 1. The van der Waals surface area contributed by atoms with Crippen LogP contribution in [-0.4, -0.2) is 53.9 Å². The third kappa shape index (κ3) is 3.23. The SMILES string of the molecule is Cc1nnc(N2CC3(C2)OCCC3CCNC(=O)C2CC(F)(F)C2)s1. The van der Waals surface area contributed by atoms with Crippen LogP contribution >= 0.6 is 11.3 Å². The molecule has 1 saturated carbocycles. The van der Waals surface area contributed by atoms with Crippen LogP contribution in [0.1, 0.15) is 30.7 Å². The Kier molecular flexibility index (Phi) is 4.18. The van der Waals surface area contributed by atoms with Gasteiger partial charge >= 0.3 is 0 Å². The van der Waals surface area contributed by atoms with Crippen LogP contribution in [0.25, 0.3) is 0 Å². The number of alkyl halides is 2.